The Morgan fingerprint density at radius 2 is 2.13 bits per heavy atom. The molecular weight excluding hydrogens is 413 g/mol. The molecule has 10 heteroatoms. The van der Waals surface area contributed by atoms with Crippen LogP contribution in [0.5, 0.6) is 0 Å². The van der Waals surface area contributed by atoms with Crippen LogP contribution in [0, 0.1) is 0 Å². The minimum atomic E-state index is -0.339. The number of nitrogens with one attached hydrogen (secondary N) is 3. The highest BCUT2D eigenvalue weighted by atomic mass is 127. The predicted molar refractivity (Wildman–Crippen MR) is 96.7 cm³/mol. The van der Waals surface area contributed by atoms with Gasteiger partial charge in [0.1, 0.15) is 0 Å². The number of hydrogen-bond acceptors (Lipinski definition) is 4. The average Bonchev–Trinajstić information content (AvgIpc) is 3.14. The maximum atomic E-state index is 11.4. The Kier molecular flexibility index (Phi) is 8.37. The van der Waals surface area contributed by atoms with Crippen molar-refractivity contribution in [3.8, 4) is 0 Å². The lowest BCUT2D eigenvalue weighted by Gasteiger charge is -2.15. The SMILES string of the molecule is CN=C(NCCCn1cccn1)NCCN1C(=O)CNC1=O.I. The molecular formula is C13H22IN7O2. The normalized spacial score (nSPS) is 14.5. The lowest BCUT2D eigenvalue weighted by Crippen LogP contribution is -2.43. The van der Waals surface area contributed by atoms with Gasteiger partial charge in [0.25, 0.3) is 0 Å². The lowest BCUT2D eigenvalue weighted by molar-refractivity contribution is -0.124. The fourth-order valence-corrected chi connectivity index (χ4v) is 2.07. The summed E-state index contributed by atoms with van der Waals surface area (Å²) in [7, 11) is 1.68. The van der Waals surface area contributed by atoms with Gasteiger partial charge < -0.3 is 16.0 Å². The summed E-state index contributed by atoms with van der Waals surface area (Å²) in [6.45, 7) is 2.44. The highest BCUT2D eigenvalue weighted by molar-refractivity contribution is 14.0. The van der Waals surface area contributed by atoms with E-state index in [1.54, 1.807) is 13.2 Å². The summed E-state index contributed by atoms with van der Waals surface area (Å²) in [5.74, 6) is 0.446. The molecule has 1 aromatic heterocycles. The Labute approximate surface area is 151 Å². The van der Waals surface area contributed by atoms with Crippen LogP contribution in [0.25, 0.3) is 0 Å². The van der Waals surface area contributed by atoms with Gasteiger partial charge in [-0.05, 0) is 12.5 Å². The Bertz CT molecular complexity index is 516. The fourth-order valence-electron chi connectivity index (χ4n) is 2.07. The van der Waals surface area contributed by atoms with E-state index in [9.17, 15) is 9.59 Å². The molecule has 0 radical (unpaired) electrons. The number of carbonyl (C=O) groups excluding carboxylic acids is 2. The number of carbonyl (C=O) groups is 2. The maximum Gasteiger partial charge on any atom is 0.324 e. The van der Waals surface area contributed by atoms with E-state index in [1.807, 2.05) is 16.9 Å². The summed E-state index contributed by atoms with van der Waals surface area (Å²) >= 11 is 0. The number of aryl methyl sites for hydroxylation is 1. The molecule has 1 aliphatic rings. The van der Waals surface area contributed by atoms with E-state index >= 15 is 0 Å². The third kappa shape index (κ3) is 6.04. The van der Waals surface area contributed by atoms with Gasteiger partial charge in [0.15, 0.2) is 5.96 Å². The highest BCUT2D eigenvalue weighted by Gasteiger charge is 2.27. The number of nitrogens with zero attached hydrogens (tertiary/aromatic N) is 4. The molecule has 0 saturated carbocycles. The van der Waals surface area contributed by atoms with Gasteiger partial charge in [-0.1, -0.05) is 0 Å². The van der Waals surface area contributed by atoms with Gasteiger partial charge in [-0.3, -0.25) is 19.4 Å². The Morgan fingerprint density at radius 3 is 2.74 bits per heavy atom. The van der Waals surface area contributed by atoms with Crippen molar-refractivity contribution in [2.24, 2.45) is 4.99 Å². The Hall–Kier alpha value is -1.85. The van der Waals surface area contributed by atoms with Crippen molar-refractivity contribution in [2.75, 3.05) is 33.2 Å². The minimum Gasteiger partial charge on any atom is -0.356 e. The smallest absolute Gasteiger partial charge is 0.324 e. The zero-order valence-electron chi connectivity index (χ0n) is 13.0. The van der Waals surface area contributed by atoms with E-state index < -0.39 is 0 Å². The molecule has 1 aromatic rings. The van der Waals surface area contributed by atoms with Gasteiger partial charge in [-0.2, -0.15) is 5.10 Å². The molecule has 9 nitrogen and oxygen atoms in total. The van der Waals surface area contributed by atoms with Crippen LogP contribution in [0.4, 0.5) is 4.79 Å². The first-order valence-corrected chi connectivity index (χ1v) is 7.21. The van der Waals surface area contributed by atoms with Crippen LogP contribution in [-0.2, 0) is 11.3 Å². The zero-order valence-corrected chi connectivity index (χ0v) is 15.3. The van der Waals surface area contributed by atoms with Crippen LogP contribution in [0.3, 0.4) is 0 Å². The minimum absolute atomic E-state index is 0. The first-order valence-electron chi connectivity index (χ1n) is 7.21. The van der Waals surface area contributed by atoms with Gasteiger partial charge >= 0.3 is 6.03 Å². The molecule has 3 N–H and O–H groups in total. The highest BCUT2D eigenvalue weighted by Crippen LogP contribution is 1.96. The number of hydrogen-bond donors (Lipinski definition) is 3. The summed E-state index contributed by atoms with van der Waals surface area (Å²) in [4.78, 5) is 28.1. The molecule has 128 valence electrons. The van der Waals surface area contributed by atoms with Crippen molar-refractivity contribution in [2.45, 2.75) is 13.0 Å². The Morgan fingerprint density at radius 1 is 1.35 bits per heavy atom. The molecule has 2 heterocycles. The summed E-state index contributed by atoms with van der Waals surface area (Å²) in [6.07, 6.45) is 4.59. The number of guanidine groups is 1. The van der Waals surface area contributed by atoms with Crippen LogP contribution in [0.2, 0.25) is 0 Å². The van der Waals surface area contributed by atoms with Gasteiger partial charge in [-0.15, -0.1) is 24.0 Å². The number of halogens is 1. The summed E-state index contributed by atoms with van der Waals surface area (Å²) < 4.78 is 1.87. The first kappa shape index (κ1) is 19.2. The number of imide groups is 1. The van der Waals surface area contributed by atoms with E-state index in [2.05, 4.69) is 26.0 Å². The number of amides is 3. The first-order chi connectivity index (χ1) is 10.7. The van der Waals surface area contributed by atoms with Crippen molar-refractivity contribution in [3.63, 3.8) is 0 Å². The van der Waals surface area contributed by atoms with Gasteiger partial charge in [0, 0.05) is 45.6 Å². The molecule has 3 amide bonds. The molecule has 0 atom stereocenters. The second kappa shape index (κ2) is 10.0. The second-order valence-electron chi connectivity index (χ2n) is 4.75. The van der Waals surface area contributed by atoms with Crippen LogP contribution in [-0.4, -0.2) is 65.8 Å². The molecule has 1 fully saturated rings. The van der Waals surface area contributed by atoms with Crippen LogP contribution in [0.1, 0.15) is 6.42 Å². The number of aliphatic imine (C=N–C) groups is 1. The third-order valence-electron chi connectivity index (χ3n) is 3.20. The predicted octanol–water partition coefficient (Wildman–Crippen LogP) is -0.392. The maximum absolute atomic E-state index is 11.4. The molecule has 0 aliphatic carbocycles. The number of rotatable bonds is 7. The largest absolute Gasteiger partial charge is 0.356 e. The van der Waals surface area contributed by atoms with Crippen molar-refractivity contribution in [3.05, 3.63) is 18.5 Å². The Balaban J connectivity index is 0.00000264. The lowest BCUT2D eigenvalue weighted by atomic mass is 10.4. The van der Waals surface area contributed by atoms with Gasteiger partial charge in [0.2, 0.25) is 5.91 Å². The van der Waals surface area contributed by atoms with E-state index in [1.165, 1.54) is 4.90 Å². The fraction of sp³-hybridized carbons (Fsp3) is 0.538. The monoisotopic (exact) mass is 435 g/mol. The molecule has 0 unspecified atom stereocenters. The average molecular weight is 435 g/mol. The van der Waals surface area contributed by atoms with Gasteiger partial charge in [0.05, 0.1) is 6.54 Å². The van der Waals surface area contributed by atoms with E-state index in [0.717, 1.165) is 19.5 Å². The van der Waals surface area contributed by atoms with Crippen molar-refractivity contribution in [1.29, 1.82) is 0 Å². The van der Waals surface area contributed by atoms with Crippen molar-refractivity contribution in [1.82, 2.24) is 30.6 Å². The van der Waals surface area contributed by atoms with Crippen LogP contribution < -0.4 is 16.0 Å². The quantitative estimate of drug-likeness (QED) is 0.178. The van der Waals surface area contributed by atoms with E-state index in [0.29, 0.717) is 19.0 Å². The van der Waals surface area contributed by atoms with Gasteiger partial charge in [-0.25, -0.2) is 4.79 Å². The number of aromatic nitrogens is 2. The van der Waals surface area contributed by atoms with Crippen molar-refractivity contribution < 1.29 is 9.59 Å². The zero-order chi connectivity index (χ0) is 15.8. The molecule has 0 spiro atoms. The summed E-state index contributed by atoms with van der Waals surface area (Å²) in [6, 6.07) is 1.55. The molecule has 1 saturated heterocycles. The summed E-state index contributed by atoms with van der Waals surface area (Å²) in [5, 5.41) is 12.9. The summed E-state index contributed by atoms with van der Waals surface area (Å²) in [5.41, 5.74) is 0. The van der Waals surface area contributed by atoms with Crippen LogP contribution >= 0.6 is 24.0 Å². The topological polar surface area (TPSA) is 104 Å². The van der Waals surface area contributed by atoms with Crippen molar-refractivity contribution >= 4 is 41.9 Å². The second-order valence-corrected chi connectivity index (χ2v) is 4.75. The van der Waals surface area contributed by atoms with E-state index in [-0.39, 0.29) is 42.5 Å². The molecule has 2 rings (SSSR count). The molecule has 23 heavy (non-hydrogen) atoms. The third-order valence-corrected chi connectivity index (χ3v) is 3.20. The molecule has 0 bridgehead atoms. The number of urea groups is 1. The standard InChI is InChI=1S/C13H21N7O2.HI/c1-14-12(15-4-2-7-19-8-3-5-18-19)16-6-9-20-11(21)10-17-13(20)22;/h3,5,8H,2,4,6-7,9-10H2,1H3,(H,17,22)(H2,14,15,16);1H. The van der Waals surface area contributed by atoms with Crippen LogP contribution in [0.15, 0.2) is 23.5 Å². The van der Waals surface area contributed by atoms with E-state index in [4.69, 9.17) is 0 Å². The molecule has 1 aliphatic heterocycles. The molecule has 0 aromatic carbocycles.